The maximum absolute atomic E-state index is 9.02. The van der Waals surface area contributed by atoms with Crippen molar-refractivity contribution in [3.8, 4) is 17.9 Å². The highest BCUT2D eigenvalue weighted by Gasteiger charge is 2.05. The molecule has 0 saturated heterocycles. The molecule has 0 unspecified atom stereocenters. The van der Waals surface area contributed by atoms with Crippen LogP contribution in [0.4, 0.5) is 0 Å². The minimum atomic E-state index is 0.275. The molecule has 102 valence electrons. The Balaban J connectivity index is 2.12. The van der Waals surface area contributed by atoms with E-state index in [1.807, 2.05) is 30.3 Å². The number of allylic oxidation sites excluding steroid dienone is 1. The second-order valence-corrected chi connectivity index (χ2v) is 4.62. The number of rotatable bonds is 4. The number of halogens is 1. The van der Waals surface area contributed by atoms with Gasteiger partial charge in [0.05, 0.1) is 22.7 Å². The molecule has 0 aromatic heterocycles. The number of ether oxygens (including phenoxy) is 1. The zero-order chi connectivity index (χ0) is 15.1. The maximum Gasteiger partial charge on any atom is 0.138 e. The summed E-state index contributed by atoms with van der Waals surface area (Å²) in [5, 5.41) is 18.0. The van der Waals surface area contributed by atoms with Crippen LogP contribution in [-0.4, -0.2) is 0 Å². The summed E-state index contributed by atoms with van der Waals surface area (Å²) >= 11 is 6.14. The first-order valence-electron chi connectivity index (χ1n) is 6.21. The van der Waals surface area contributed by atoms with Crippen molar-refractivity contribution in [2.24, 2.45) is 0 Å². The summed E-state index contributed by atoms with van der Waals surface area (Å²) in [6.45, 7) is 0.275. The Hall–Kier alpha value is -2.75. The number of benzene rings is 2. The van der Waals surface area contributed by atoms with E-state index >= 15 is 0 Å². The molecule has 0 spiro atoms. The first kappa shape index (κ1) is 14.7. The topological polar surface area (TPSA) is 56.8 Å². The fraction of sp³-hybridized carbons (Fsp3) is 0.0588. The molecule has 2 aromatic rings. The highest BCUT2D eigenvalue weighted by molar-refractivity contribution is 6.32. The van der Waals surface area contributed by atoms with Crippen molar-refractivity contribution in [3.63, 3.8) is 0 Å². The standard InChI is InChI=1S/C17H11ClN2O/c18-16-10-13(4-3-9-19)7-8-17(16)21-12-15-6-2-1-5-14(15)11-20/h1-8,10H,12H2. The Morgan fingerprint density at radius 1 is 1.14 bits per heavy atom. The van der Waals surface area contributed by atoms with Crippen molar-refractivity contribution in [2.45, 2.75) is 6.61 Å². The van der Waals surface area contributed by atoms with Gasteiger partial charge in [-0.3, -0.25) is 0 Å². The van der Waals surface area contributed by atoms with Crippen molar-refractivity contribution in [1.29, 1.82) is 10.5 Å². The van der Waals surface area contributed by atoms with Gasteiger partial charge in [-0.15, -0.1) is 0 Å². The molecule has 0 aliphatic carbocycles. The lowest BCUT2D eigenvalue weighted by atomic mass is 10.1. The molecule has 0 radical (unpaired) electrons. The fourth-order valence-corrected chi connectivity index (χ4v) is 2.03. The van der Waals surface area contributed by atoms with Gasteiger partial charge in [-0.05, 0) is 29.8 Å². The van der Waals surface area contributed by atoms with Crippen LogP contribution >= 0.6 is 11.6 Å². The predicted molar refractivity (Wildman–Crippen MR) is 81.6 cm³/mol. The summed E-state index contributed by atoms with van der Waals surface area (Å²) in [5.41, 5.74) is 2.22. The lowest BCUT2D eigenvalue weighted by Crippen LogP contribution is -1.98. The van der Waals surface area contributed by atoms with E-state index in [4.69, 9.17) is 26.9 Å². The molecule has 0 bridgehead atoms. The van der Waals surface area contributed by atoms with E-state index in [2.05, 4.69) is 6.07 Å². The minimum absolute atomic E-state index is 0.275. The number of nitriles is 2. The van der Waals surface area contributed by atoms with Gasteiger partial charge in [-0.25, -0.2) is 0 Å². The van der Waals surface area contributed by atoms with Crippen molar-refractivity contribution >= 4 is 17.7 Å². The first-order chi connectivity index (χ1) is 10.2. The first-order valence-corrected chi connectivity index (χ1v) is 6.59. The molecule has 0 aliphatic heterocycles. The molecule has 21 heavy (non-hydrogen) atoms. The Morgan fingerprint density at radius 3 is 2.67 bits per heavy atom. The van der Waals surface area contributed by atoms with Gasteiger partial charge >= 0.3 is 0 Å². The van der Waals surface area contributed by atoms with Gasteiger partial charge in [0.2, 0.25) is 0 Å². The van der Waals surface area contributed by atoms with E-state index in [0.717, 1.165) is 11.1 Å². The quantitative estimate of drug-likeness (QED) is 0.789. The van der Waals surface area contributed by atoms with E-state index in [-0.39, 0.29) is 6.61 Å². The van der Waals surface area contributed by atoms with Gasteiger partial charge in [-0.1, -0.05) is 35.9 Å². The maximum atomic E-state index is 9.02. The second kappa shape index (κ2) is 7.14. The van der Waals surface area contributed by atoms with Crippen LogP contribution in [0.15, 0.2) is 48.5 Å². The summed E-state index contributed by atoms with van der Waals surface area (Å²) in [6.07, 6.45) is 3.05. The lowest BCUT2D eigenvalue weighted by Gasteiger charge is -2.09. The van der Waals surface area contributed by atoms with Crippen molar-refractivity contribution in [2.75, 3.05) is 0 Å². The SMILES string of the molecule is N#CC=Cc1ccc(OCc2ccccc2C#N)c(Cl)c1. The van der Waals surface area contributed by atoms with E-state index in [0.29, 0.717) is 16.3 Å². The number of hydrogen-bond acceptors (Lipinski definition) is 3. The molecule has 0 heterocycles. The summed E-state index contributed by atoms with van der Waals surface area (Å²) < 4.78 is 5.65. The van der Waals surface area contributed by atoms with Crippen LogP contribution in [0, 0.1) is 22.7 Å². The normalized spacial score (nSPS) is 10.0. The molecule has 3 nitrogen and oxygen atoms in total. The number of hydrogen-bond donors (Lipinski definition) is 0. The molecule has 2 rings (SSSR count). The van der Waals surface area contributed by atoms with E-state index in [9.17, 15) is 0 Å². The highest BCUT2D eigenvalue weighted by Crippen LogP contribution is 2.27. The molecule has 0 N–H and O–H groups in total. The monoisotopic (exact) mass is 294 g/mol. The largest absolute Gasteiger partial charge is 0.487 e. The number of nitrogens with zero attached hydrogens (tertiary/aromatic N) is 2. The third-order valence-corrected chi connectivity index (χ3v) is 3.12. The molecule has 4 heteroatoms. The van der Waals surface area contributed by atoms with Gasteiger partial charge in [0.15, 0.2) is 0 Å². The molecule has 0 saturated carbocycles. The van der Waals surface area contributed by atoms with Crippen LogP contribution < -0.4 is 4.74 Å². The molecule has 0 atom stereocenters. The Kier molecular flexibility index (Phi) is 4.99. The smallest absolute Gasteiger partial charge is 0.138 e. The lowest BCUT2D eigenvalue weighted by molar-refractivity contribution is 0.306. The zero-order valence-corrected chi connectivity index (χ0v) is 11.8. The third-order valence-electron chi connectivity index (χ3n) is 2.83. The average Bonchev–Trinajstić information content (AvgIpc) is 2.52. The van der Waals surface area contributed by atoms with Gasteiger partial charge in [0.25, 0.3) is 0 Å². The molecule has 2 aromatic carbocycles. The summed E-state index contributed by atoms with van der Waals surface area (Å²) in [7, 11) is 0. The van der Waals surface area contributed by atoms with E-state index in [1.54, 1.807) is 24.3 Å². The van der Waals surface area contributed by atoms with Gasteiger partial charge in [0.1, 0.15) is 12.4 Å². The van der Waals surface area contributed by atoms with Crippen LogP contribution in [-0.2, 0) is 6.61 Å². The van der Waals surface area contributed by atoms with Crippen molar-refractivity contribution < 1.29 is 4.74 Å². The molecular formula is C17H11ClN2O. The summed E-state index contributed by atoms with van der Waals surface area (Å²) in [6, 6.07) is 16.6. The molecule has 0 aliphatic rings. The molecule has 0 fully saturated rings. The van der Waals surface area contributed by atoms with Crippen molar-refractivity contribution in [3.05, 3.63) is 70.3 Å². The zero-order valence-electron chi connectivity index (χ0n) is 11.1. The van der Waals surface area contributed by atoms with Crippen LogP contribution in [0.1, 0.15) is 16.7 Å². The predicted octanol–water partition coefficient (Wildman–Crippen LogP) is 4.33. The van der Waals surface area contributed by atoms with E-state index < -0.39 is 0 Å². The highest BCUT2D eigenvalue weighted by atomic mass is 35.5. The van der Waals surface area contributed by atoms with E-state index in [1.165, 1.54) is 6.08 Å². The van der Waals surface area contributed by atoms with Gasteiger partial charge in [0, 0.05) is 11.6 Å². The average molecular weight is 295 g/mol. The van der Waals surface area contributed by atoms with Crippen LogP contribution in [0.5, 0.6) is 5.75 Å². The van der Waals surface area contributed by atoms with Crippen molar-refractivity contribution in [1.82, 2.24) is 0 Å². The second-order valence-electron chi connectivity index (χ2n) is 4.21. The Labute approximate surface area is 128 Å². The van der Waals surface area contributed by atoms with Crippen LogP contribution in [0.2, 0.25) is 5.02 Å². The fourth-order valence-electron chi connectivity index (χ4n) is 1.78. The van der Waals surface area contributed by atoms with Crippen LogP contribution in [0.3, 0.4) is 0 Å². The van der Waals surface area contributed by atoms with Gasteiger partial charge in [-0.2, -0.15) is 10.5 Å². The third kappa shape index (κ3) is 3.86. The minimum Gasteiger partial charge on any atom is -0.487 e. The summed E-state index contributed by atoms with van der Waals surface area (Å²) in [5.74, 6) is 0.540. The van der Waals surface area contributed by atoms with Crippen LogP contribution in [0.25, 0.3) is 6.08 Å². The molecule has 0 amide bonds. The molecular weight excluding hydrogens is 284 g/mol. The summed E-state index contributed by atoms with van der Waals surface area (Å²) in [4.78, 5) is 0. The van der Waals surface area contributed by atoms with Gasteiger partial charge < -0.3 is 4.74 Å². The Morgan fingerprint density at radius 2 is 1.95 bits per heavy atom. The Bertz CT molecular complexity index is 754.